The Morgan fingerprint density at radius 1 is 1.09 bits per heavy atom. The van der Waals surface area contributed by atoms with E-state index >= 15 is 0 Å². The van der Waals surface area contributed by atoms with Gasteiger partial charge in [0.1, 0.15) is 11.0 Å². The van der Waals surface area contributed by atoms with Gasteiger partial charge in [0.2, 0.25) is 0 Å². The summed E-state index contributed by atoms with van der Waals surface area (Å²) in [6, 6.07) is 12.7. The van der Waals surface area contributed by atoms with Gasteiger partial charge < -0.3 is 0 Å². The Labute approximate surface area is 196 Å². The number of hydrogen-bond acceptors (Lipinski definition) is 5. The maximum Gasteiger partial charge on any atom is 0.196 e. The molecule has 2 aromatic heterocycles. The van der Waals surface area contributed by atoms with Gasteiger partial charge in [0.25, 0.3) is 0 Å². The van der Waals surface area contributed by atoms with Crippen molar-refractivity contribution in [3.63, 3.8) is 0 Å². The van der Waals surface area contributed by atoms with Crippen LogP contribution in [0.1, 0.15) is 35.5 Å². The third-order valence-electron chi connectivity index (χ3n) is 5.79. The fourth-order valence-electron chi connectivity index (χ4n) is 3.46. The summed E-state index contributed by atoms with van der Waals surface area (Å²) in [5.74, 6) is 1.10. The van der Waals surface area contributed by atoms with E-state index in [1.807, 2.05) is 18.7 Å². The molecule has 5 nitrogen and oxygen atoms in total. The number of benzene rings is 2. The molecule has 32 heavy (non-hydrogen) atoms. The minimum atomic E-state index is -0.280. The van der Waals surface area contributed by atoms with Crippen molar-refractivity contribution in [1.82, 2.24) is 24.6 Å². The summed E-state index contributed by atoms with van der Waals surface area (Å²) in [6.07, 6.45) is 0. The van der Waals surface area contributed by atoms with E-state index in [-0.39, 0.29) is 11.9 Å². The summed E-state index contributed by atoms with van der Waals surface area (Å²) >= 11 is 8.08. The topological polar surface area (TPSA) is 46.8 Å². The molecule has 1 unspecified atom stereocenters. The van der Waals surface area contributed by atoms with Crippen molar-refractivity contribution in [3.05, 3.63) is 75.9 Å². The number of halogens is 2. The molecule has 4 aromatic rings. The Bertz CT molecular complexity index is 1270. The van der Waals surface area contributed by atoms with Gasteiger partial charge in [-0.3, -0.25) is 9.47 Å². The van der Waals surface area contributed by atoms with Gasteiger partial charge in [-0.1, -0.05) is 35.5 Å². The second kappa shape index (κ2) is 9.17. The molecule has 0 saturated carbocycles. The van der Waals surface area contributed by atoms with Gasteiger partial charge in [0.15, 0.2) is 11.0 Å². The van der Waals surface area contributed by atoms with E-state index in [0.717, 1.165) is 38.7 Å². The van der Waals surface area contributed by atoms with E-state index in [0.29, 0.717) is 10.9 Å². The number of rotatable bonds is 6. The molecule has 0 saturated heterocycles. The SMILES string of the molecule is Cc1ccc2cc(CSc3nnc(C(C)N(C)C)n3-c3ccc(F)cc3)c(Cl)nc2c1C. The molecule has 0 bridgehead atoms. The van der Waals surface area contributed by atoms with Crippen molar-refractivity contribution in [2.24, 2.45) is 0 Å². The van der Waals surface area contributed by atoms with E-state index in [2.05, 4.69) is 59.1 Å². The summed E-state index contributed by atoms with van der Waals surface area (Å²) in [5.41, 5.74) is 5.01. The largest absolute Gasteiger partial charge is 0.300 e. The molecule has 0 N–H and O–H groups in total. The normalized spacial score (nSPS) is 12.6. The molecule has 0 aliphatic rings. The Kier molecular flexibility index (Phi) is 6.51. The second-order valence-corrected chi connectivity index (χ2v) is 9.40. The third kappa shape index (κ3) is 4.37. The van der Waals surface area contributed by atoms with E-state index in [9.17, 15) is 4.39 Å². The number of fused-ring (bicyclic) bond motifs is 1. The maximum absolute atomic E-state index is 13.5. The van der Waals surface area contributed by atoms with Gasteiger partial charge in [-0.15, -0.1) is 10.2 Å². The van der Waals surface area contributed by atoms with Crippen LogP contribution < -0.4 is 0 Å². The van der Waals surface area contributed by atoms with Crippen molar-refractivity contribution >= 4 is 34.3 Å². The smallest absolute Gasteiger partial charge is 0.196 e. The lowest BCUT2D eigenvalue weighted by Crippen LogP contribution is -2.20. The average Bonchev–Trinajstić information content (AvgIpc) is 3.19. The number of pyridine rings is 1. The molecule has 0 aliphatic heterocycles. The van der Waals surface area contributed by atoms with Crippen LogP contribution >= 0.6 is 23.4 Å². The third-order valence-corrected chi connectivity index (χ3v) is 7.09. The lowest BCUT2D eigenvalue weighted by molar-refractivity contribution is 0.305. The quantitative estimate of drug-likeness (QED) is 0.251. The molecule has 0 aliphatic carbocycles. The first-order valence-corrected chi connectivity index (χ1v) is 11.7. The van der Waals surface area contributed by atoms with Crippen LogP contribution in [0.2, 0.25) is 5.15 Å². The first-order chi connectivity index (χ1) is 15.3. The van der Waals surface area contributed by atoms with Crippen molar-refractivity contribution in [2.75, 3.05) is 14.1 Å². The zero-order chi connectivity index (χ0) is 23.0. The van der Waals surface area contributed by atoms with E-state index in [4.69, 9.17) is 11.6 Å². The molecule has 0 fully saturated rings. The molecular weight excluding hydrogens is 445 g/mol. The van der Waals surface area contributed by atoms with Gasteiger partial charge in [-0.2, -0.15) is 0 Å². The van der Waals surface area contributed by atoms with E-state index in [1.54, 1.807) is 12.1 Å². The van der Waals surface area contributed by atoms with Crippen molar-refractivity contribution in [3.8, 4) is 5.69 Å². The van der Waals surface area contributed by atoms with Crippen molar-refractivity contribution in [2.45, 2.75) is 37.7 Å². The van der Waals surface area contributed by atoms with Crippen LogP contribution in [0.25, 0.3) is 16.6 Å². The molecule has 2 aromatic carbocycles. The average molecular weight is 470 g/mol. The predicted molar refractivity (Wildman–Crippen MR) is 129 cm³/mol. The summed E-state index contributed by atoms with van der Waals surface area (Å²) in [6.45, 7) is 6.20. The number of aromatic nitrogens is 4. The lowest BCUT2D eigenvalue weighted by Gasteiger charge is -2.20. The molecule has 1 atom stereocenters. The van der Waals surface area contributed by atoms with Crippen LogP contribution in [-0.4, -0.2) is 38.7 Å². The molecule has 166 valence electrons. The maximum atomic E-state index is 13.5. The Morgan fingerprint density at radius 3 is 2.50 bits per heavy atom. The highest BCUT2D eigenvalue weighted by Gasteiger charge is 2.21. The van der Waals surface area contributed by atoms with Crippen molar-refractivity contribution < 1.29 is 4.39 Å². The summed E-state index contributed by atoms with van der Waals surface area (Å²) in [5, 5.41) is 11.2. The van der Waals surface area contributed by atoms with Crippen LogP contribution in [-0.2, 0) is 5.75 Å². The molecule has 4 rings (SSSR count). The standard InChI is InChI=1S/C24H25ClFN5S/c1-14-6-7-17-12-18(22(25)27-21(17)15(14)2)13-32-24-29-28-23(16(3)30(4)5)31(24)20-10-8-19(26)9-11-20/h6-12,16H,13H2,1-5H3. The predicted octanol–water partition coefficient (Wildman–Crippen LogP) is 6.14. The first-order valence-electron chi connectivity index (χ1n) is 10.3. The van der Waals surface area contributed by atoms with Crippen LogP contribution in [0.5, 0.6) is 0 Å². The van der Waals surface area contributed by atoms with Crippen LogP contribution in [0.4, 0.5) is 4.39 Å². The van der Waals surface area contributed by atoms with Crippen molar-refractivity contribution in [1.29, 1.82) is 0 Å². The molecule has 0 radical (unpaired) electrons. The fraction of sp³-hybridized carbons (Fsp3) is 0.292. The Balaban J connectivity index is 1.70. The lowest BCUT2D eigenvalue weighted by atomic mass is 10.0. The zero-order valence-corrected chi connectivity index (χ0v) is 20.3. The van der Waals surface area contributed by atoms with Gasteiger partial charge in [0.05, 0.1) is 11.6 Å². The number of hydrogen-bond donors (Lipinski definition) is 0. The van der Waals surface area contributed by atoms with Gasteiger partial charge in [-0.25, -0.2) is 9.37 Å². The molecule has 8 heteroatoms. The van der Waals surface area contributed by atoms with E-state index < -0.39 is 0 Å². The molecule has 0 amide bonds. The second-order valence-electron chi connectivity index (χ2n) is 8.10. The first kappa shape index (κ1) is 22.7. The minimum Gasteiger partial charge on any atom is -0.300 e. The number of nitrogens with zero attached hydrogens (tertiary/aromatic N) is 5. The van der Waals surface area contributed by atoms with Gasteiger partial charge >= 0.3 is 0 Å². The Morgan fingerprint density at radius 2 is 1.81 bits per heavy atom. The summed E-state index contributed by atoms with van der Waals surface area (Å²) in [7, 11) is 3.98. The zero-order valence-electron chi connectivity index (χ0n) is 18.7. The van der Waals surface area contributed by atoms with Crippen LogP contribution in [0.15, 0.2) is 47.6 Å². The van der Waals surface area contributed by atoms with Crippen LogP contribution in [0, 0.1) is 19.7 Å². The highest BCUT2D eigenvalue weighted by Crippen LogP contribution is 2.32. The van der Waals surface area contributed by atoms with Gasteiger partial charge in [0, 0.05) is 22.4 Å². The minimum absolute atomic E-state index is 0.0269. The highest BCUT2D eigenvalue weighted by molar-refractivity contribution is 7.98. The summed E-state index contributed by atoms with van der Waals surface area (Å²) < 4.78 is 15.5. The number of thioether (sulfide) groups is 1. The summed E-state index contributed by atoms with van der Waals surface area (Å²) in [4.78, 5) is 6.72. The van der Waals surface area contributed by atoms with Gasteiger partial charge in [-0.05, 0) is 76.3 Å². The highest BCUT2D eigenvalue weighted by atomic mass is 35.5. The fourth-order valence-corrected chi connectivity index (χ4v) is 4.67. The molecule has 0 spiro atoms. The van der Waals surface area contributed by atoms with Crippen LogP contribution in [0.3, 0.4) is 0 Å². The monoisotopic (exact) mass is 469 g/mol. The molecular formula is C24H25ClFN5S. The number of aryl methyl sites for hydroxylation is 2. The molecule has 2 heterocycles. The Hall–Kier alpha value is -2.48. The van der Waals surface area contributed by atoms with E-state index in [1.165, 1.54) is 29.5 Å².